The summed E-state index contributed by atoms with van der Waals surface area (Å²) >= 11 is 0. The van der Waals surface area contributed by atoms with Gasteiger partial charge in [-0.25, -0.2) is 4.79 Å². The van der Waals surface area contributed by atoms with Crippen LogP contribution in [-0.2, 0) is 23.4 Å². The van der Waals surface area contributed by atoms with Crippen LogP contribution in [-0.4, -0.2) is 39.4 Å². The fraction of sp³-hybridized carbons (Fsp3) is 0.885. The van der Waals surface area contributed by atoms with Crippen molar-refractivity contribution in [2.24, 2.45) is 16.7 Å². The maximum Gasteiger partial charge on any atom is 0.338 e. The Morgan fingerprint density at radius 2 is 1.66 bits per heavy atom. The summed E-state index contributed by atoms with van der Waals surface area (Å²) < 4.78 is 25.9. The molecule has 182 valence electrons. The molecule has 4 heterocycles. The number of esters is 1. The van der Waals surface area contributed by atoms with Crippen LogP contribution in [0, 0.1) is 16.7 Å². The Labute approximate surface area is 195 Å². The van der Waals surface area contributed by atoms with E-state index in [9.17, 15) is 4.79 Å². The first-order valence-corrected chi connectivity index (χ1v) is 14.9. The first-order valence-electron chi connectivity index (χ1n) is 12.7. The van der Waals surface area contributed by atoms with Crippen molar-refractivity contribution in [3.8, 4) is 0 Å². The smallest absolute Gasteiger partial charge is 0.338 e. The van der Waals surface area contributed by atoms with Gasteiger partial charge in [0.2, 0.25) is 5.79 Å². The molecule has 5 aliphatic rings. The number of carbonyl (C=O) groups is 1. The number of hydrogen-bond acceptors (Lipinski definition) is 5. The predicted molar refractivity (Wildman–Crippen MR) is 128 cm³/mol. The van der Waals surface area contributed by atoms with Gasteiger partial charge in [0.25, 0.3) is 0 Å². The van der Waals surface area contributed by atoms with Gasteiger partial charge in [-0.1, -0.05) is 62.3 Å². The van der Waals surface area contributed by atoms with E-state index < -0.39 is 14.1 Å². The van der Waals surface area contributed by atoms with Gasteiger partial charge >= 0.3 is 5.97 Å². The number of fused-ring (bicyclic) bond motifs is 2. The minimum Gasteiger partial charge on any atom is -0.462 e. The molecule has 1 aliphatic carbocycles. The number of rotatable bonds is 6. The second-order valence-corrected chi connectivity index (χ2v) is 17.9. The molecule has 1 saturated carbocycles. The Balaban J connectivity index is 1.67. The van der Waals surface area contributed by atoms with E-state index in [1.54, 1.807) is 0 Å². The third-order valence-electron chi connectivity index (χ3n) is 9.74. The molecule has 4 atom stereocenters. The average Bonchev–Trinajstić information content (AvgIpc) is 3.05. The van der Waals surface area contributed by atoms with Gasteiger partial charge in [-0.05, 0) is 41.3 Å². The summed E-state index contributed by atoms with van der Waals surface area (Å²) in [4.78, 5) is 12.1. The zero-order chi connectivity index (χ0) is 23.7. The van der Waals surface area contributed by atoms with Crippen molar-refractivity contribution >= 4 is 14.3 Å². The summed E-state index contributed by atoms with van der Waals surface area (Å²) in [5, 5.41) is 0. The Morgan fingerprint density at radius 3 is 2.25 bits per heavy atom. The lowest BCUT2D eigenvalue weighted by Crippen LogP contribution is -2.71. The molecule has 2 saturated heterocycles. The first kappa shape index (κ1) is 24.3. The van der Waals surface area contributed by atoms with E-state index in [4.69, 9.17) is 18.6 Å². The predicted octanol–water partition coefficient (Wildman–Crippen LogP) is 6.34. The molecular formula is C26H44O5Si. The van der Waals surface area contributed by atoms with Crippen LogP contribution in [0.2, 0.25) is 16.6 Å². The van der Waals surface area contributed by atoms with E-state index in [0.717, 1.165) is 19.4 Å². The molecule has 0 N–H and O–H groups in total. The molecule has 2 bridgehead atoms. The van der Waals surface area contributed by atoms with Crippen molar-refractivity contribution in [3.63, 3.8) is 0 Å². The third-order valence-corrected chi connectivity index (χ3v) is 15.8. The van der Waals surface area contributed by atoms with Crippen LogP contribution in [0.5, 0.6) is 0 Å². The maximum absolute atomic E-state index is 12.1. The Morgan fingerprint density at radius 1 is 1.03 bits per heavy atom. The van der Waals surface area contributed by atoms with Crippen molar-refractivity contribution in [2.75, 3.05) is 13.2 Å². The van der Waals surface area contributed by atoms with Gasteiger partial charge in [-0.2, -0.15) is 0 Å². The second kappa shape index (κ2) is 7.84. The molecule has 1 spiro atoms. The standard InChI is InChI=1S/C26H44O5Si/c1-16(2)32(17(3)4,18(5)6)29-15-21-24(7,8)22-11-12-25(21,9)26(31-22)13-10-19-20(30-26)14-28-23(19)27/h16-18,21-22H,10-15H2,1-9H3/t21-,22-,25+,26-/m1/s1. The maximum atomic E-state index is 12.1. The normalized spacial score (nSPS) is 36.3. The highest BCUT2D eigenvalue weighted by Crippen LogP contribution is 2.66. The Bertz CT molecular complexity index is 778. The molecule has 32 heavy (non-hydrogen) atoms. The van der Waals surface area contributed by atoms with Crippen LogP contribution in [0.15, 0.2) is 11.3 Å². The van der Waals surface area contributed by atoms with Gasteiger partial charge in [0, 0.05) is 24.4 Å². The number of cyclic esters (lactones) is 1. The lowest BCUT2D eigenvalue weighted by atomic mass is 9.49. The zero-order valence-corrected chi connectivity index (χ0v) is 22.7. The quantitative estimate of drug-likeness (QED) is 0.339. The highest BCUT2D eigenvalue weighted by molar-refractivity contribution is 6.77. The molecule has 0 aromatic heterocycles. The average molecular weight is 465 g/mol. The monoisotopic (exact) mass is 464 g/mol. The number of hydrogen-bond donors (Lipinski definition) is 0. The minimum atomic E-state index is -1.98. The van der Waals surface area contributed by atoms with Crippen LogP contribution in [0.4, 0.5) is 0 Å². The summed E-state index contributed by atoms with van der Waals surface area (Å²) in [6, 6.07) is 0. The molecule has 3 fully saturated rings. The van der Waals surface area contributed by atoms with Crippen LogP contribution in [0.1, 0.15) is 88.0 Å². The lowest BCUT2D eigenvalue weighted by molar-refractivity contribution is -0.402. The van der Waals surface area contributed by atoms with Crippen molar-refractivity contribution in [2.45, 2.75) is 117 Å². The van der Waals surface area contributed by atoms with E-state index in [-0.39, 0.29) is 29.5 Å². The fourth-order valence-corrected chi connectivity index (χ4v) is 13.4. The molecule has 0 unspecified atom stereocenters. The zero-order valence-electron chi connectivity index (χ0n) is 21.7. The summed E-state index contributed by atoms with van der Waals surface area (Å²) in [7, 11) is -1.98. The van der Waals surface area contributed by atoms with Crippen molar-refractivity contribution < 1.29 is 23.4 Å². The summed E-state index contributed by atoms with van der Waals surface area (Å²) in [6.07, 6.45) is 3.63. The molecule has 6 heteroatoms. The summed E-state index contributed by atoms with van der Waals surface area (Å²) in [5.74, 6) is 0.112. The van der Waals surface area contributed by atoms with E-state index >= 15 is 0 Å². The fourth-order valence-electron chi connectivity index (χ4n) is 7.96. The van der Waals surface area contributed by atoms with E-state index in [0.29, 0.717) is 46.7 Å². The van der Waals surface area contributed by atoms with Crippen LogP contribution >= 0.6 is 0 Å². The number of ether oxygens (including phenoxy) is 3. The van der Waals surface area contributed by atoms with Crippen molar-refractivity contribution in [3.05, 3.63) is 11.3 Å². The van der Waals surface area contributed by atoms with Gasteiger partial charge in [0.05, 0.1) is 11.7 Å². The summed E-state index contributed by atoms with van der Waals surface area (Å²) in [5.41, 5.74) is 2.21. The molecule has 0 aromatic carbocycles. The summed E-state index contributed by atoms with van der Waals surface area (Å²) in [6.45, 7) is 22.2. The second-order valence-electron chi connectivity index (χ2n) is 12.4. The van der Waals surface area contributed by atoms with Crippen molar-refractivity contribution in [1.29, 1.82) is 0 Å². The Hall–Kier alpha value is -0.853. The minimum absolute atomic E-state index is 0.00332. The topological polar surface area (TPSA) is 54.0 Å². The molecule has 5 rings (SSSR count). The molecular weight excluding hydrogens is 420 g/mol. The highest BCUT2D eigenvalue weighted by atomic mass is 28.4. The van der Waals surface area contributed by atoms with E-state index in [2.05, 4.69) is 62.3 Å². The van der Waals surface area contributed by atoms with Gasteiger partial charge in [0.1, 0.15) is 12.4 Å². The molecule has 0 aromatic rings. The molecule has 5 nitrogen and oxygen atoms in total. The van der Waals surface area contributed by atoms with E-state index in [1.807, 2.05) is 0 Å². The third kappa shape index (κ3) is 3.19. The SMILES string of the molecule is CC(C)[Si](OC[C@@H]1C(C)(C)[C@H]2CC[C@]1(C)[C@@]1(CCC3=C(COC3=O)O1)O2)(C(C)C)C(C)C. The highest BCUT2D eigenvalue weighted by Gasteiger charge is 2.70. The van der Waals surface area contributed by atoms with Gasteiger partial charge < -0.3 is 18.6 Å². The largest absolute Gasteiger partial charge is 0.462 e. The first-order chi connectivity index (χ1) is 14.8. The van der Waals surface area contributed by atoms with Gasteiger partial charge in [-0.15, -0.1) is 0 Å². The molecule has 0 amide bonds. The van der Waals surface area contributed by atoms with E-state index in [1.165, 1.54) is 0 Å². The van der Waals surface area contributed by atoms with Crippen LogP contribution in [0.25, 0.3) is 0 Å². The van der Waals surface area contributed by atoms with Crippen LogP contribution < -0.4 is 0 Å². The molecule has 0 radical (unpaired) electrons. The van der Waals surface area contributed by atoms with Gasteiger partial charge in [0.15, 0.2) is 8.32 Å². The van der Waals surface area contributed by atoms with Gasteiger partial charge in [-0.3, -0.25) is 0 Å². The lowest BCUT2D eigenvalue weighted by Gasteiger charge is -2.67. The Kier molecular flexibility index (Phi) is 5.95. The molecule has 4 aliphatic heterocycles. The van der Waals surface area contributed by atoms with Crippen molar-refractivity contribution in [1.82, 2.24) is 0 Å². The van der Waals surface area contributed by atoms with Crippen LogP contribution in [0.3, 0.4) is 0 Å². The number of carbonyl (C=O) groups excluding carboxylic acids is 1.